The molecule has 5 nitrogen and oxygen atoms in total. The molecule has 1 N–H and O–H groups in total. The molecule has 1 heterocycles. The van der Waals surface area contributed by atoms with E-state index < -0.39 is 0 Å². The van der Waals surface area contributed by atoms with Crippen LogP contribution >= 0.6 is 0 Å². The molecule has 0 bridgehead atoms. The highest BCUT2D eigenvalue weighted by Crippen LogP contribution is 2.27. The minimum Gasteiger partial charge on any atom is -0.457 e. The molecule has 2 rings (SSSR count). The summed E-state index contributed by atoms with van der Waals surface area (Å²) in [5, 5.41) is 0. The second-order valence-electron chi connectivity index (χ2n) is 5.34. The quantitative estimate of drug-likeness (QED) is 0.662. The van der Waals surface area contributed by atoms with Crippen molar-refractivity contribution in [2.75, 3.05) is 6.61 Å². The Balaban J connectivity index is 2.04. The molecular formula is C15H19NO4. The zero-order valence-corrected chi connectivity index (χ0v) is 12.0. The molecule has 5 heteroatoms. The Bertz CT molecular complexity index is 567. The predicted molar refractivity (Wildman–Crippen MR) is 72.9 cm³/mol. The number of hydrogen-bond acceptors (Lipinski definition) is 4. The van der Waals surface area contributed by atoms with Gasteiger partial charge in [0.25, 0.3) is 0 Å². The standard InChI is InChI=1S/C15H19NO4/c1-8-13(10(3)17)9(2)16-14(8)12(18)7-20-15(19)11-5-4-6-11/h11,16H,4-7H2,1-3H3. The molecule has 1 aliphatic rings. The molecule has 0 amide bonds. The van der Waals surface area contributed by atoms with Gasteiger partial charge in [-0.25, -0.2) is 0 Å². The second kappa shape index (κ2) is 5.61. The molecule has 0 spiro atoms. The first-order valence-electron chi connectivity index (χ1n) is 6.81. The second-order valence-corrected chi connectivity index (χ2v) is 5.34. The van der Waals surface area contributed by atoms with Crippen molar-refractivity contribution in [3.63, 3.8) is 0 Å². The predicted octanol–water partition coefficient (Wildman–Crippen LogP) is 2.36. The van der Waals surface area contributed by atoms with E-state index in [9.17, 15) is 14.4 Å². The van der Waals surface area contributed by atoms with Crippen molar-refractivity contribution in [3.8, 4) is 0 Å². The van der Waals surface area contributed by atoms with Crippen molar-refractivity contribution in [2.24, 2.45) is 5.92 Å². The largest absolute Gasteiger partial charge is 0.457 e. The maximum Gasteiger partial charge on any atom is 0.309 e. The fourth-order valence-corrected chi connectivity index (χ4v) is 2.53. The summed E-state index contributed by atoms with van der Waals surface area (Å²) in [5.74, 6) is -0.716. The van der Waals surface area contributed by atoms with Gasteiger partial charge < -0.3 is 9.72 Å². The van der Waals surface area contributed by atoms with Gasteiger partial charge in [-0.05, 0) is 39.2 Å². The average molecular weight is 277 g/mol. The number of nitrogens with one attached hydrogen (secondary N) is 1. The molecule has 1 aromatic heterocycles. The lowest BCUT2D eigenvalue weighted by molar-refractivity contribution is -0.150. The lowest BCUT2D eigenvalue weighted by atomic mass is 9.86. The van der Waals surface area contributed by atoms with Crippen LogP contribution in [0.3, 0.4) is 0 Å². The Hall–Kier alpha value is -1.91. The Morgan fingerprint density at radius 3 is 2.35 bits per heavy atom. The first-order chi connectivity index (χ1) is 9.41. The Morgan fingerprint density at radius 1 is 1.25 bits per heavy atom. The number of carbonyl (C=O) groups is 3. The van der Waals surface area contributed by atoms with Gasteiger partial charge in [0.2, 0.25) is 5.78 Å². The van der Waals surface area contributed by atoms with E-state index in [-0.39, 0.29) is 30.1 Å². The van der Waals surface area contributed by atoms with E-state index in [0.29, 0.717) is 22.5 Å². The number of aromatic amines is 1. The van der Waals surface area contributed by atoms with Crippen LogP contribution in [0.5, 0.6) is 0 Å². The van der Waals surface area contributed by atoms with Crippen LogP contribution in [0.15, 0.2) is 0 Å². The Morgan fingerprint density at radius 2 is 1.90 bits per heavy atom. The molecule has 1 saturated carbocycles. The van der Waals surface area contributed by atoms with E-state index >= 15 is 0 Å². The topological polar surface area (TPSA) is 76.2 Å². The van der Waals surface area contributed by atoms with Crippen LogP contribution in [0.4, 0.5) is 0 Å². The SMILES string of the molecule is CC(=O)c1c(C)[nH]c(C(=O)COC(=O)C2CCC2)c1C. The molecule has 0 saturated heterocycles. The maximum atomic E-state index is 12.1. The highest BCUT2D eigenvalue weighted by Gasteiger charge is 2.28. The van der Waals surface area contributed by atoms with Crippen molar-refractivity contribution < 1.29 is 19.1 Å². The molecule has 0 atom stereocenters. The molecule has 0 aromatic carbocycles. The van der Waals surface area contributed by atoms with Gasteiger partial charge in [0.05, 0.1) is 11.6 Å². The van der Waals surface area contributed by atoms with Gasteiger partial charge in [-0.1, -0.05) is 6.42 Å². The number of hydrogen-bond donors (Lipinski definition) is 1. The lowest BCUT2D eigenvalue weighted by Crippen LogP contribution is -2.26. The molecule has 1 aliphatic carbocycles. The number of carbonyl (C=O) groups excluding carboxylic acids is 3. The summed E-state index contributed by atoms with van der Waals surface area (Å²) >= 11 is 0. The number of H-pyrrole nitrogens is 1. The van der Waals surface area contributed by atoms with E-state index in [1.165, 1.54) is 6.92 Å². The third-order valence-electron chi connectivity index (χ3n) is 3.85. The van der Waals surface area contributed by atoms with Crippen LogP contribution in [-0.2, 0) is 9.53 Å². The van der Waals surface area contributed by atoms with E-state index in [4.69, 9.17) is 4.74 Å². The Kier molecular flexibility index (Phi) is 4.06. The van der Waals surface area contributed by atoms with Crippen LogP contribution in [-0.4, -0.2) is 29.1 Å². The minimum absolute atomic E-state index is 0.0398. The van der Waals surface area contributed by atoms with E-state index in [1.54, 1.807) is 13.8 Å². The molecule has 0 radical (unpaired) electrons. The van der Waals surface area contributed by atoms with Crippen LogP contribution in [0, 0.1) is 19.8 Å². The van der Waals surface area contributed by atoms with Gasteiger partial charge in [0.1, 0.15) is 0 Å². The van der Waals surface area contributed by atoms with Gasteiger partial charge in [0, 0.05) is 11.3 Å². The fourth-order valence-electron chi connectivity index (χ4n) is 2.53. The van der Waals surface area contributed by atoms with Gasteiger partial charge in [-0.3, -0.25) is 14.4 Å². The zero-order valence-electron chi connectivity index (χ0n) is 12.0. The van der Waals surface area contributed by atoms with Crippen molar-refractivity contribution in [1.29, 1.82) is 0 Å². The van der Waals surface area contributed by atoms with Crippen molar-refractivity contribution >= 4 is 17.5 Å². The first-order valence-corrected chi connectivity index (χ1v) is 6.81. The first kappa shape index (κ1) is 14.5. The molecule has 0 unspecified atom stereocenters. The van der Waals surface area contributed by atoms with Crippen LogP contribution in [0.1, 0.15) is 58.3 Å². The van der Waals surface area contributed by atoms with Crippen molar-refractivity contribution in [1.82, 2.24) is 4.98 Å². The highest BCUT2D eigenvalue weighted by atomic mass is 16.5. The Labute approximate surface area is 117 Å². The third kappa shape index (κ3) is 2.66. The van der Waals surface area contributed by atoms with Crippen molar-refractivity contribution in [3.05, 3.63) is 22.5 Å². The zero-order chi connectivity index (χ0) is 14.9. The van der Waals surface area contributed by atoms with Crippen molar-refractivity contribution in [2.45, 2.75) is 40.0 Å². The normalized spacial score (nSPS) is 14.8. The number of Topliss-reactive ketones (excluding diaryl/α,β-unsaturated/α-hetero) is 2. The lowest BCUT2D eigenvalue weighted by Gasteiger charge is -2.22. The van der Waals surface area contributed by atoms with E-state index in [1.807, 2.05) is 0 Å². The minimum atomic E-state index is -0.300. The number of ether oxygens (including phenoxy) is 1. The van der Waals surface area contributed by atoms with Gasteiger partial charge in [-0.2, -0.15) is 0 Å². The summed E-state index contributed by atoms with van der Waals surface area (Å²) in [7, 11) is 0. The van der Waals surface area contributed by atoms with E-state index in [2.05, 4.69) is 4.98 Å². The number of aromatic nitrogens is 1. The van der Waals surface area contributed by atoms with E-state index in [0.717, 1.165) is 19.3 Å². The highest BCUT2D eigenvalue weighted by molar-refractivity contribution is 6.04. The van der Waals surface area contributed by atoms with Gasteiger partial charge in [0.15, 0.2) is 12.4 Å². The fraction of sp³-hybridized carbons (Fsp3) is 0.533. The summed E-state index contributed by atoms with van der Waals surface area (Å²) in [5.41, 5.74) is 2.19. The molecule has 1 aromatic rings. The maximum absolute atomic E-state index is 12.1. The molecule has 0 aliphatic heterocycles. The third-order valence-corrected chi connectivity index (χ3v) is 3.85. The monoisotopic (exact) mass is 277 g/mol. The smallest absolute Gasteiger partial charge is 0.309 e. The summed E-state index contributed by atoms with van der Waals surface area (Å²) in [6.45, 7) is 4.67. The average Bonchev–Trinajstić information content (AvgIpc) is 2.59. The summed E-state index contributed by atoms with van der Waals surface area (Å²) in [4.78, 5) is 38.1. The molecule has 108 valence electrons. The summed E-state index contributed by atoms with van der Waals surface area (Å²) in [6.07, 6.45) is 2.74. The van der Waals surface area contributed by atoms with Crippen LogP contribution in [0.25, 0.3) is 0 Å². The number of aryl methyl sites for hydroxylation is 1. The molecular weight excluding hydrogens is 258 g/mol. The molecule has 20 heavy (non-hydrogen) atoms. The van der Waals surface area contributed by atoms with Crippen LogP contribution < -0.4 is 0 Å². The van der Waals surface area contributed by atoms with Gasteiger partial charge >= 0.3 is 5.97 Å². The summed E-state index contributed by atoms with van der Waals surface area (Å²) in [6, 6.07) is 0. The molecule has 1 fully saturated rings. The number of rotatable bonds is 5. The van der Waals surface area contributed by atoms with Crippen LogP contribution in [0.2, 0.25) is 0 Å². The number of ketones is 2. The summed E-state index contributed by atoms with van der Waals surface area (Å²) < 4.78 is 5.03. The number of esters is 1. The van der Waals surface area contributed by atoms with Gasteiger partial charge in [-0.15, -0.1) is 0 Å².